The first-order valence-corrected chi connectivity index (χ1v) is 10.3. The SMILES string of the molecule is CC(C)(C)c1cc(/C=C2\N=C(c3ccccc3Br)OC2=O)cc(C(C)(C)C)c1O. The van der Waals surface area contributed by atoms with Crippen molar-refractivity contribution in [3.05, 3.63) is 68.8 Å². The van der Waals surface area contributed by atoms with Gasteiger partial charge in [0.05, 0.1) is 5.56 Å². The number of hydrogen-bond donors (Lipinski definition) is 1. The zero-order valence-corrected chi connectivity index (χ0v) is 19.2. The molecule has 3 rings (SSSR count). The van der Waals surface area contributed by atoms with Gasteiger partial charge in [-0.2, -0.15) is 0 Å². The lowest BCUT2D eigenvalue weighted by molar-refractivity contribution is -0.129. The van der Waals surface area contributed by atoms with E-state index in [1.54, 1.807) is 6.08 Å². The third-order valence-electron chi connectivity index (χ3n) is 4.78. The number of phenolic OH excluding ortho intramolecular Hbond substituents is 1. The van der Waals surface area contributed by atoms with Gasteiger partial charge in [0.2, 0.25) is 5.90 Å². The molecule has 2 aromatic rings. The van der Waals surface area contributed by atoms with E-state index >= 15 is 0 Å². The maximum atomic E-state index is 12.4. The molecular formula is C24H26BrNO3. The van der Waals surface area contributed by atoms with Crippen LogP contribution < -0.4 is 0 Å². The van der Waals surface area contributed by atoms with Crippen molar-refractivity contribution in [2.75, 3.05) is 0 Å². The third kappa shape index (κ3) is 4.45. The number of ether oxygens (including phenoxy) is 1. The quantitative estimate of drug-likeness (QED) is 0.439. The van der Waals surface area contributed by atoms with Gasteiger partial charge in [-0.3, -0.25) is 0 Å². The van der Waals surface area contributed by atoms with Crippen LogP contribution in [0.5, 0.6) is 5.75 Å². The van der Waals surface area contributed by atoms with E-state index in [1.165, 1.54) is 0 Å². The molecule has 4 nitrogen and oxygen atoms in total. The summed E-state index contributed by atoms with van der Waals surface area (Å²) in [6, 6.07) is 11.3. The maximum absolute atomic E-state index is 12.4. The van der Waals surface area contributed by atoms with E-state index in [0.717, 1.165) is 26.7 Å². The van der Waals surface area contributed by atoms with Gasteiger partial charge >= 0.3 is 5.97 Å². The second-order valence-electron chi connectivity index (χ2n) is 9.28. The molecule has 0 aromatic heterocycles. The Bertz CT molecular complexity index is 1000. The van der Waals surface area contributed by atoms with E-state index in [-0.39, 0.29) is 22.4 Å². The van der Waals surface area contributed by atoms with Gasteiger partial charge < -0.3 is 9.84 Å². The molecule has 0 saturated carbocycles. The molecule has 0 saturated heterocycles. The van der Waals surface area contributed by atoms with Crippen LogP contribution in [-0.2, 0) is 20.4 Å². The van der Waals surface area contributed by atoms with Crippen molar-refractivity contribution >= 4 is 33.9 Å². The topological polar surface area (TPSA) is 58.9 Å². The van der Waals surface area contributed by atoms with Crippen LogP contribution in [0.15, 0.2) is 51.6 Å². The third-order valence-corrected chi connectivity index (χ3v) is 5.47. The van der Waals surface area contributed by atoms with Gasteiger partial charge in [0.15, 0.2) is 5.70 Å². The highest BCUT2D eigenvalue weighted by Gasteiger charge is 2.28. The molecule has 0 bridgehead atoms. The standard InChI is InChI=1S/C24H26BrNO3/c1-23(2,3)16-11-14(12-17(20(16)27)24(4,5)6)13-19-22(28)29-21(26-19)15-9-7-8-10-18(15)25/h7-13,27H,1-6H3/b19-13-. The van der Waals surface area contributed by atoms with Gasteiger partial charge in [-0.15, -0.1) is 0 Å². The number of rotatable bonds is 2. The molecule has 1 aliphatic heterocycles. The van der Waals surface area contributed by atoms with Crippen molar-refractivity contribution in [2.24, 2.45) is 4.99 Å². The van der Waals surface area contributed by atoms with Crippen LogP contribution in [0.2, 0.25) is 0 Å². The van der Waals surface area contributed by atoms with Crippen LogP contribution in [-0.4, -0.2) is 17.0 Å². The molecular weight excluding hydrogens is 430 g/mol. The number of benzene rings is 2. The lowest BCUT2D eigenvalue weighted by Crippen LogP contribution is -2.17. The van der Waals surface area contributed by atoms with Crippen molar-refractivity contribution < 1.29 is 14.6 Å². The molecule has 29 heavy (non-hydrogen) atoms. The van der Waals surface area contributed by atoms with E-state index in [2.05, 4.69) is 62.5 Å². The molecule has 0 unspecified atom stereocenters. The summed E-state index contributed by atoms with van der Waals surface area (Å²) in [7, 11) is 0. The zero-order valence-electron chi connectivity index (χ0n) is 17.6. The molecule has 0 spiro atoms. The van der Waals surface area contributed by atoms with Crippen molar-refractivity contribution in [1.29, 1.82) is 0 Å². The Morgan fingerprint density at radius 3 is 2.07 bits per heavy atom. The Balaban J connectivity index is 2.12. The monoisotopic (exact) mass is 455 g/mol. The summed E-state index contributed by atoms with van der Waals surface area (Å²) in [6.07, 6.45) is 1.72. The average Bonchev–Trinajstić information content (AvgIpc) is 2.95. The zero-order chi connectivity index (χ0) is 21.6. The predicted molar refractivity (Wildman–Crippen MR) is 120 cm³/mol. The molecule has 1 heterocycles. The Morgan fingerprint density at radius 1 is 1.00 bits per heavy atom. The summed E-state index contributed by atoms with van der Waals surface area (Å²) in [5.41, 5.74) is 2.93. The van der Waals surface area contributed by atoms with Gasteiger partial charge in [0, 0.05) is 15.6 Å². The smallest absolute Gasteiger partial charge is 0.363 e. The molecule has 0 atom stereocenters. The first kappa shape index (κ1) is 21.3. The largest absolute Gasteiger partial charge is 0.507 e. The van der Waals surface area contributed by atoms with Crippen LogP contribution >= 0.6 is 15.9 Å². The Morgan fingerprint density at radius 2 is 1.55 bits per heavy atom. The minimum absolute atomic E-state index is 0.237. The molecule has 0 amide bonds. The molecule has 0 aliphatic carbocycles. The Kier molecular flexibility index (Phi) is 5.48. The highest BCUT2D eigenvalue weighted by atomic mass is 79.9. The lowest BCUT2D eigenvalue weighted by Gasteiger charge is -2.27. The number of esters is 1. The number of aliphatic imine (C=N–C) groups is 1. The first-order valence-electron chi connectivity index (χ1n) is 9.53. The summed E-state index contributed by atoms with van der Waals surface area (Å²) in [5, 5.41) is 10.9. The molecule has 0 fully saturated rings. The fraction of sp³-hybridized carbons (Fsp3) is 0.333. The number of cyclic esters (lactones) is 1. The van der Waals surface area contributed by atoms with E-state index in [4.69, 9.17) is 4.74 Å². The fourth-order valence-electron chi connectivity index (χ4n) is 3.20. The van der Waals surface area contributed by atoms with Gasteiger partial charge in [-0.1, -0.05) is 53.7 Å². The molecule has 1 aliphatic rings. The summed E-state index contributed by atoms with van der Waals surface area (Å²) in [5.74, 6) is 0.0941. The van der Waals surface area contributed by atoms with E-state index < -0.39 is 5.97 Å². The van der Waals surface area contributed by atoms with Crippen molar-refractivity contribution in [1.82, 2.24) is 0 Å². The van der Waals surface area contributed by atoms with Crippen LogP contribution in [0.25, 0.3) is 6.08 Å². The summed E-state index contributed by atoms with van der Waals surface area (Å²) in [6.45, 7) is 12.3. The van der Waals surface area contributed by atoms with Crippen molar-refractivity contribution in [3.63, 3.8) is 0 Å². The predicted octanol–water partition coefficient (Wildman–Crippen LogP) is 6.09. The number of carbonyl (C=O) groups is 1. The molecule has 5 heteroatoms. The van der Waals surface area contributed by atoms with E-state index in [0.29, 0.717) is 5.75 Å². The highest BCUT2D eigenvalue weighted by molar-refractivity contribution is 9.10. The minimum atomic E-state index is -0.488. The maximum Gasteiger partial charge on any atom is 0.363 e. The molecule has 2 aromatic carbocycles. The summed E-state index contributed by atoms with van der Waals surface area (Å²) >= 11 is 3.46. The van der Waals surface area contributed by atoms with E-state index in [1.807, 2.05) is 36.4 Å². The van der Waals surface area contributed by atoms with Gasteiger partial charge in [0.1, 0.15) is 5.75 Å². The average molecular weight is 456 g/mol. The number of aromatic hydroxyl groups is 1. The lowest BCUT2D eigenvalue weighted by atomic mass is 9.78. The molecule has 0 radical (unpaired) electrons. The highest BCUT2D eigenvalue weighted by Crippen LogP contribution is 2.40. The molecule has 1 N–H and O–H groups in total. The number of phenols is 1. The summed E-state index contributed by atoms with van der Waals surface area (Å²) in [4.78, 5) is 16.8. The Labute approximate surface area is 180 Å². The van der Waals surface area contributed by atoms with Crippen LogP contribution in [0.4, 0.5) is 0 Å². The molecule has 152 valence electrons. The van der Waals surface area contributed by atoms with Gasteiger partial charge in [0.25, 0.3) is 0 Å². The van der Waals surface area contributed by atoms with Crippen molar-refractivity contribution in [2.45, 2.75) is 52.4 Å². The second-order valence-corrected chi connectivity index (χ2v) is 10.1. The second kappa shape index (κ2) is 7.45. The van der Waals surface area contributed by atoms with Crippen LogP contribution in [0, 0.1) is 0 Å². The number of halogens is 1. The number of nitrogens with zero attached hydrogens (tertiary/aromatic N) is 1. The minimum Gasteiger partial charge on any atom is -0.507 e. The Hall–Kier alpha value is -2.40. The fourth-order valence-corrected chi connectivity index (χ4v) is 3.65. The number of hydrogen-bond acceptors (Lipinski definition) is 4. The van der Waals surface area contributed by atoms with Crippen LogP contribution in [0.3, 0.4) is 0 Å². The van der Waals surface area contributed by atoms with Gasteiger partial charge in [-0.25, -0.2) is 9.79 Å². The van der Waals surface area contributed by atoms with E-state index in [9.17, 15) is 9.90 Å². The van der Waals surface area contributed by atoms with Crippen LogP contribution in [0.1, 0.15) is 63.8 Å². The number of carbonyl (C=O) groups excluding carboxylic acids is 1. The first-order chi connectivity index (χ1) is 13.4. The van der Waals surface area contributed by atoms with Crippen molar-refractivity contribution in [3.8, 4) is 5.75 Å². The normalized spacial score (nSPS) is 16.2. The summed E-state index contributed by atoms with van der Waals surface area (Å²) < 4.78 is 6.20. The van der Waals surface area contributed by atoms with Gasteiger partial charge in [-0.05, 0) is 62.7 Å².